The highest BCUT2D eigenvalue weighted by atomic mass is 16.1. The number of hydrogen-bond acceptors (Lipinski definition) is 3. The number of likely N-dealkylation sites (N-methyl/N-ethyl adjacent to an activating group) is 1. The van der Waals surface area contributed by atoms with Crippen LogP contribution in [-0.4, -0.2) is 47.2 Å². The highest BCUT2D eigenvalue weighted by Gasteiger charge is 2.39. The van der Waals surface area contributed by atoms with Crippen LogP contribution in [0.15, 0.2) is 60.8 Å². The van der Waals surface area contributed by atoms with Crippen LogP contribution in [0, 0.1) is 0 Å². The number of amides is 1. The fourth-order valence-corrected chi connectivity index (χ4v) is 3.90. The van der Waals surface area contributed by atoms with E-state index in [1.807, 2.05) is 30.3 Å². The molecule has 5 nitrogen and oxygen atoms in total. The number of nitrogens with zero attached hydrogens (tertiary/aromatic N) is 2. The van der Waals surface area contributed by atoms with Crippen LogP contribution in [-0.2, 0) is 12.8 Å². The lowest BCUT2D eigenvalue weighted by Crippen LogP contribution is -2.53. The van der Waals surface area contributed by atoms with Crippen molar-refractivity contribution in [2.24, 2.45) is 0 Å². The first kappa shape index (κ1) is 17.5. The average molecular weight is 360 g/mol. The van der Waals surface area contributed by atoms with Crippen molar-refractivity contribution in [3.05, 3.63) is 77.5 Å². The molecule has 0 bridgehead atoms. The molecule has 0 fully saturated rings. The molecule has 1 heterocycles. The molecule has 1 aliphatic rings. The standard InChI is InChI=1S/C22H24N4O/c1-26(2)22(12-17-10-6-7-11-18(17)13-22)15-23-21(27)19-14-24-25-20(19)16-8-4-3-5-9-16/h3-11,14H,12-13,15H2,1-2H3,(H,23,27)(H,24,25). The summed E-state index contributed by atoms with van der Waals surface area (Å²) in [7, 11) is 4.18. The molecule has 1 amide bonds. The molecule has 0 radical (unpaired) electrons. The van der Waals surface area contributed by atoms with E-state index in [0.717, 1.165) is 24.1 Å². The van der Waals surface area contributed by atoms with E-state index >= 15 is 0 Å². The molecular weight excluding hydrogens is 336 g/mol. The van der Waals surface area contributed by atoms with Crippen molar-refractivity contribution in [1.82, 2.24) is 20.4 Å². The summed E-state index contributed by atoms with van der Waals surface area (Å²) in [6.07, 6.45) is 3.48. The zero-order valence-corrected chi connectivity index (χ0v) is 15.7. The number of nitrogens with one attached hydrogen (secondary N) is 2. The number of benzene rings is 2. The third-order valence-corrected chi connectivity index (χ3v) is 5.63. The number of hydrogen-bond donors (Lipinski definition) is 2. The van der Waals surface area contributed by atoms with Gasteiger partial charge in [-0.3, -0.25) is 9.89 Å². The Morgan fingerprint density at radius 1 is 1.07 bits per heavy atom. The van der Waals surface area contributed by atoms with Crippen molar-refractivity contribution < 1.29 is 4.79 Å². The molecule has 0 aliphatic heterocycles. The number of aromatic nitrogens is 2. The SMILES string of the molecule is CN(C)C1(CNC(=O)c2cn[nH]c2-c2ccccc2)Cc2ccccc2C1. The predicted octanol–water partition coefficient (Wildman–Crippen LogP) is 2.91. The number of carbonyl (C=O) groups excluding carboxylic acids is 1. The van der Waals surface area contributed by atoms with Gasteiger partial charge in [0.1, 0.15) is 0 Å². The topological polar surface area (TPSA) is 61.0 Å². The largest absolute Gasteiger partial charge is 0.350 e. The molecule has 4 rings (SSSR count). The minimum atomic E-state index is -0.101. The Morgan fingerprint density at radius 3 is 2.33 bits per heavy atom. The zero-order valence-electron chi connectivity index (χ0n) is 15.7. The maximum Gasteiger partial charge on any atom is 0.255 e. The number of fused-ring (bicyclic) bond motifs is 1. The Labute approximate surface area is 159 Å². The van der Waals surface area contributed by atoms with E-state index in [-0.39, 0.29) is 11.4 Å². The Balaban J connectivity index is 1.52. The van der Waals surface area contributed by atoms with Crippen molar-refractivity contribution in [3.8, 4) is 11.3 Å². The van der Waals surface area contributed by atoms with Gasteiger partial charge in [0.25, 0.3) is 5.91 Å². The summed E-state index contributed by atoms with van der Waals surface area (Å²) in [6, 6.07) is 18.3. The molecule has 0 atom stereocenters. The summed E-state index contributed by atoms with van der Waals surface area (Å²) >= 11 is 0. The van der Waals surface area contributed by atoms with E-state index in [1.165, 1.54) is 11.1 Å². The van der Waals surface area contributed by atoms with E-state index < -0.39 is 0 Å². The maximum absolute atomic E-state index is 12.9. The van der Waals surface area contributed by atoms with E-state index in [0.29, 0.717) is 12.1 Å². The lowest BCUT2D eigenvalue weighted by atomic mass is 9.93. The van der Waals surface area contributed by atoms with Crippen molar-refractivity contribution in [1.29, 1.82) is 0 Å². The molecule has 2 aromatic carbocycles. The lowest BCUT2D eigenvalue weighted by Gasteiger charge is -2.36. The van der Waals surface area contributed by atoms with Crippen molar-refractivity contribution in [2.75, 3.05) is 20.6 Å². The first-order valence-corrected chi connectivity index (χ1v) is 9.20. The average Bonchev–Trinajstić information content (AvgIpc) is 3.32. The van der Waals surface area contributed by atoms with Crippen molar-refractivity contribution in [3.63, 3.8) is 0 Å². The third kappa shape index (κ3) is 3.26. The quantitative estimate of drug-likeness (QED) is 0.735. The van der Waals surface area contributed by atoms with Gasteiger partial charge in [0.15, 0.2) is 0 Å². The van der Waals surface area contributed by atoms with Gasteiger partial charge in [-0.15, -0.1) is 0 Å². The molecule has 27 heavy (non-hydrogen) atoms. The molecule has 5 heteroatoms. The van der Waals surface area contributed by atoms with Gasteiger partial charge >= 0.3 is 0 Å². The van der Waals surface area contributed by atoms with Crippen LogP contribution in [0.4, 0.5) is 0 Å². The fourth-order valence-electron chi connectivity index (χ4n) is 3.90. The summed E-state index contributed by atoms with van der Waals surface area (Å²) in [5, 5.41) is 10.2. The van der Waals surface area contributed by atoms with Crippen molar-refractivity contribution >= 4 is 5.91 Å². The Morgan fingerprint density at radius 2 is 1.70 bits per heavy atom. The van der Waals surface area contributed by atoms with E-state index in [1.54, 1.807) is 6.20 Å². The lowest BCUT2D eigenvalue weighted by molar-refractivity contribution is 0.0903. The number of aromatic amines is 1. The van der Waals surface area contributed by atoms with E-state index in [9.17, 15) is 4.79 Å². The Kier molecular flexibility index (Phi) is 4.54. The maximum atomic E-state index is 12.9. The molecule has 0 spiro atoms. The van der Waals surface area contributed by atoms with Crippen LogP contribution < -0.4 is 5.32 Å². The van der Waals surface area contributed by atoms with Gasteiger partial charge in [0.2, 0.25) is 0 Å². The van der Waals surface area contributed by atoms with Crippen LogP contribution in [0.25, 0.3) is 11.3 Å². The number of rotatable bonds is 5. The van der Waals surface area contributed by atoms with Crippen LogP contribution in [0.1, 0.15) is 21.5 Å². The van der Waals surface area contributed by atoms with Gasteiger partial charge in [-0.25, -0.2) is 0 Å². The molecule has 1 aromatic heterocycles. The summed E-state index contributed by atoms with van der Waals surface area (Å²) in [5.74, 6) is -0.0974. The summed E-state index contributed by atoms with van der Waals surface area (Å²) in [6.45, 7) is 0.590. The second-order valence-electron chi connectivity index (χ2n) is 7.45. The molecule has 138 valence electrons. The normalized spacial score (nSPS) is 14.9. The summed E-state index contributed by atoms with van der Waals surface area (Å²) < 4.78 is 0. The highest BCUT2D eigenvalue weighted by Crippen LogP contribution is 2.33. The molecule has 2 N–H and O–H groups in total. The minimum Gasteiger partial charge on any atom is -0.350 e. The van der Waals surface area contributed by atoms with Gasteiger partial charge in [0.05, 0.1) is 17.5 Å². The highest BCUT2D eigenvalue weighted by molar-refractivity contribution is 5.99. The summed E-state index contributed by atoms with van der Waals surface area (Å²) in [4.78, 5) is 15.1. The first-order chi connectivity index (χ1) is 13.1. The van der Waals surface area contributed by atoms with E-state index in [4.69, 9.17) is 0 Å². The van der Waals surface area contributed by atoms with Crippen LogP contribution >= 0.6 is 0 Å². The molecule has 0 saturated heterocycles. The van der Waals surface area contributed by atoms with Gasteiger partial charge < -0.3 is 10.2 Å². The number of carbonyl (C=O) groups is 1. The molecule has 3 aromatic rings. The molecule has 0 saturated carbocycles. The van der Waals surface area contributed by atoms with Gasteiger partial charge in [-0.2, -0.15) is 5.10 Å². The second-order valence-corrected chi connectivity index (χ2v) is 7.45. The monoisotopic (exact) mass is 360 g/mol. The predicted molar refractivity (Wildman–Crippen MR) is 107 cm³/mol. The zero-order chi connectivity index (χ0) is 18.9. The molecular formula is C22H24N4O. The second kappa shape index (κ2) is 7.00. The van der Waals surface area contributed by atoms with Gasteiger partial charge in [-0.05, 0) is 38.1 Å². The smallest absolute Gasteiger partial charge is 0.255 e. The Hall–Kier alpha value is -2.92. The van der Waals surface area contributed by atoms with Crippen LogP contribution in [0.5, 0.6) is 0 Å². The van der Waals surface area contributed by atoms with Gasteiger partial charge in [-0.1, -0.05) is 54.6 Å². The Bertz CT molecular complexity index is 921. The fraction of sp³-hybridized carbons (Fsp3) is 0.273. The van der Waals surface area contributed by atoms with Crippen molar-refractivity contribution in [2.45, 2.75) is 18.4 Å². The first-order valence-electron chi connectivity index (χ1n) is 9.20. The molecule has 0 unspecified atom stereocenters. The summed E-state index contributed by atoms with van der Waals surface area (Å²) in [5.41, 5.74) is 4.92. The molecule has 1 aliphatic carbocycles. The van der Waals surface area contributed by atoms with Crippen LogP contribution in [0.3, 0.4) is 0 Å². The third-order valence-electron chi connectivity index (χ3n) is 5.63. The number of H-pyrrole nitrogens is 1. The minimum absolute atomic E-state index is 0.0974. The van der Waals surface area contributed by atoms with Crippen LogP contribution in [0.2, 0.25) is 0 Å². The van der Waals surface area contributed by atoms with Gasteiger partial charge in [0, 0.05) is 17.6 Å². The van der Waals surface area contributed by atoms with E-state index in [2.05, 4.69) is 58.8 Å².